The molecule has 0 saturated carbocycles. The largest absolute Gasteiger partial charge is 0.496 e. The van der Waals surface area contributed by atoms with Gasteiger partial charge in [-0.25, -0.2) is 5.43 Å². The summed E-state index contributed by atoms with van der Waals surface area (Å²) in [7, 11) is 1.67. The molecule has 0 spiro atoms. The van der Waals surface area contributed by atoms with Crippen molar-refractivity contribution in [2.75, 3.05) is 19.4 Å². The number of hydrazone groups is 1. The van der Waals surface area contributed by atoms with Gasteiger partial charge in [-0.3, -0.25) is 9.79 Å². The van der Waals surface area contributed by atoms with Crippen molar-refractivity contribution in [1.82, 2.24) is 9.99 Å². The molecule has 0 unspecified atom stereocenters. The Labute approximate surface area is 189 Å². The minimum Gasteiger partial charge on any atom is -0.496 e. The van der Waals surface area contributed by atoms with Crippen molar-refractivity contribution in [2.45, 2.75) is 5.75 Å². The molecule has 6 nitrogen and oxygen atoms in total. The van der Waals surface area contributed by atoms with Gasteiger partial charge in [0.25, 0.3) is 5.91 Å². The Bertz CT molecular complexity index is 1090. The minimum absolute atomic E-state index is 0.254. The number of carbonyl (C=O) groups excluding carboxylic acids is 1. The van der Waals surface area contributed by atoms with Gasteiger partial charge < -0.3 is 9.30 Å². The summed E-state index contributed by atoms with van der Waals surface area (Å²) in [6.07, 6.45) is 5.56. The number of rotatable bonds is 7. The normalized spacial score (nSPS) is 13.4. The van der Waals surface area contributed by atoms with Crippen LogP contribution in [0.3, 0.4) is 0 Å². The molecule has 0 bridgehead atoms. The van der Waals surface area contributed by atoms with Gasteiger partial charge in [-0.15, -0.1) is 0 Å². The average molecular weight is 451 g/mol. The van der Waals surface area contributed by atoms with Crippen LogP contribution in [0.4, 0.5) is 0 Å². The van der Waals surface area contributed by atoms with E-state index in [2.05, 4.69) is 15.5 Å². The van der Waals surface area contributed by atoms with E-state index >= 15 is 0 Å². The first kappa shape index (κ1) is 21.3. The lowest BCUT2D eigenvalue weighted by Crippen LogP contribution is -2.17. The van der Waals surface area contributed by atoms with E-state index in [1.54, 1.807) is 49.0 Å². The zero-order valence-electron chi connectivity index (χ0n) is 17.0. The molecular formula is C23H22N4O2S2. The van der Waals surface area contributed by atoms with Crippen LogP contribution >= 0.6 is 23.5 Å². The lowest BCUT2D eigenvalue weighted by atomic mass is 10.1. The first-order valence-corrected chi connectivity index (χ1v) is 11.7. The van der Waals surface area contributed by atoms with Gasteiger partial charge in [0.1, 0.15) is 10.1 Å². The molecule has 31 heavy (non-hydrogen) atoms. The Morgan fingerprint density at radius 1 is 1.26 bits per heavy atom. The second-order valence-electron chi connectivity index (χ2n) is 6.69. The van der Waals surface area contributed by atoms with Crippen LogP contribution in [0.5, 0.6) is 5.75 Å². The lowest BCUT2D eigenvalue weighted by Gasteiger charge is -2.09. The molecule has 1 N–H and O–H groups in total. The van der Waals surface area contributed by atoms with E-state index in [0.717, 1.165) is 45.0 Å². The molecule has 1 aliphatic heterocycles. The third-order valence-electron chi connectivity index (χ3n) is 4.63. The topological polar surface area (TPSA) is 68.0 Å². The summed E-state index contributed by atoms with van der Waals surface area (Å²) in [6.45, 7) is 0.894. The molecule has 158 valence electrons. The van der Waals surface area contributed by atoms with Crippen LogP contribution in [0.2, 0.25) is 0 Å². The number of nitrogens with one attached hydrogen (secondary N) is 1. The van der Waals surface area contributed by atoms with E-state index in [4.69, 9.17) is 4.74 Å². The van der Waals surface area contributed by atoms with Crippen LogP contribution in [-0.4, -0.2) is 40.5 Å². The summed E-state index contributed by atoms with van der Waals surface area (Å²) in [5, 5.41) is 4.12. The van der Waals surface area contributed by atoms with Gasteiger partial charge in [-0.05, 0) is 60.2 Å². The third kappa shape index (κ3) is 5.59. The van der Waals surface area contributed by atoms with Crippen molar-refractivity contribution in [3.05, 3.63) is 83.7 Å². The van der Waals surface area contributed by atoms with Crippen LogP contribution < -0.4 is 10.2 Å². The van der Waals surface area contributed by atoms with Gasteiger partial charge in [0.05, 0.1) is 19.9 Å². The van der Waals surface area contributed by atoms with Crippen molar-refractivity contribution < 1.29 is 9.53 Å². The highest BCUT2D eigenvalue weighted by Crippen LogP contribution is 2.29. The lowest BCUT2D eigenvalue weighted by molar-refractivity contribution is 0.0955. The van der Waals surface area contributed by atoms with Gasteiger partial charge in [0, 0.05) is 40.7 Å². The van der Waals surface area contributed by atoms with Crippen LogP contribution in [0.25, 0.3) is 5.69 Å². The number of carbonyl (C=O) groups is 1. The number of thioether (sulfide) groups is 2. The monoisotopic (exact) mass is 450 g/mol. The molecule has 0 radical (unpaired) electrons. The highest BCUT2D eigenvalue weighted by molar-refractivity contribution is 8.38. The summed E-state index contributed by atoms with van der Waals surface area (Å²) >= 11 is 3.51. The van der Waals surface area contributed by atoms with Crippen LogP contribution in [0.1, 0.15) is 21.5 Å². The van der Waals surface area contributed by atoms with E-state index in [-0.39, 0.29) is 5.91 Å². The second-order valence-corrected chi connectivity index (χ2v) is 9.00. The third-order valence-corrected chi connectivity index (χ3v) is 6.93. The van der Waals surface area contributed by atoms with Crippen LogP contribution in [0, 0.1) is 0 Å². The van der Waals surface area contributed by atoms with E-state index in [0.29, 0.717) is 5.56 Å². The fourth-order valence-electron chi connectivity index (χ4n) is 3.06. The standard InChI is InChI=1S/C23H22N4O2S2/c1-29-21-9-4-17(14-19(21)16-31-23-24-10-13-30-23)15-25-26-22(28)18-5-7-20(8-6-18)27-11-2-3-12-27/h2-9,11-12,14-15H,10,13,16H2,1H3,(H,26,28)/b25-15-. The Morgan fingerprint density at radius 2 is 2.06 bits per heavy atom. The zero-order valence-corrected chi connectivity index (χ0v) is 18.7. The second kappa shape index (κ2) is 10.4. The Hall–Kier alpha value is -2.97. The SMILES string of the molecule is COc1ccc(/C=N\NC(=O)c2ccc(-n3cccc3)cc2)cc1CSC1=NCCS1. The van der Waals surface area contributed by atoms with Crippen LogP contribution in [0.15, 0.2) is 77.1 Å². The minimum atomic E-state index is -0.254. The predicted molar refractivity (Wildman–Crippen MR) is 130 cm³/mol. The number of amides is 1. The molecule has 2 aromatic carbocycles. The summed E-state index contributed by atoms with van der Waals surface area (Å²) in [6, 6.07) is 17.1. The number of benzene rings is 2. The van der Waals surface area contributed by atoms with Gasteiger partial charge in [-0.1, -0.05) is 23.5 Å². The molecule has 4 rings (SSSR count). The molecule has 0 atom stereocenters. The van der Waals surface area contributed by atoms with Crippen molar-refractivity contribution in [3.63, 3.8) is 0 Å². The quantitative estimate of drug-likeness (QED) is 0.422. The molecular weight excluding hydrogens is 428 g/mol. The maximum absolute atomic E-state index is 12.4. The molecule has 0 aliphatic carbocycles. The number of ether oxygens (including phenoxy) is 1. The number of hydrogen-bond donors (Lipinski definition) is 1. The Kier molecular flexibility index (Phi) is 7.11. The number of nitrogens with zero attached hydrogens (tertiary/aromatic N) is 3. The van der Waals surface area contributed by atoms with E-state index < -0.39 is 0 Å². The van der Waals surface area contributed by atoms with E-state index in [1.807, 2.05) is 59.4 Å². The predicted octanol–water partition coefficient (Wildman–Crippen LogP) is 4.59. The zero-order chi connectivity index (χ0) is 21.5. The maximum atomic E-state index is 12.4. The molecule has 1 amide bonds. The maximum Gasteiger partial charge on any atom is 0.271 e. The van der Waals surface area contributed by atoms with Crippen molar-refractivity contribution >= 4 is 40.0 Å². The van der Waals surface area contributed by atoms with Crippen LogP contribution in [-0.2, 0) is 5.75 Å². The van der Waals surface area contributed by atoms with Gasteiger partial charge in [-0.2, -0.15) is 5.10 Å². The van der Waals surface area contributed by atoms with E-state index in [9.17, 15) is 4.79 Å². The number of aliphatic imine (C=N–C) groups is 1. The smallest absolute Gasteiger partial charge is 0.271 e. The summed E-state index contributed by atoms with van der Waals surface area (Å²) in [5.41, 5.74) is 6.10. The molecule has 0 saturated heterocycles. The highest BCUT2D eigenvalue weighted by atomic mass is 32.2. The molecule has 0 fully saturated rings. The molecule has 3 aromatic rings. The molecule has 1 aliphatic rings. The number of aromatic nitrogens is 1. The number of methoxy groups -OCH3 is 1. The van der Waals surface area contributed by atoms with Gasteiger partial charge in [0.15, 0.2) is 0 Å². The van der Waals surface area contributed by atoms with Crippen molar-refractivity contribution in [2.24, 2.45) is 10.1 Å². The molecule has 2 heterocycles. The Morgan fingerprint density at radius 3 is 2.77 bits per heavy atom. The molecule has 8 heteroatoms. The summed E-state index contributed by atoms with van der Waals surface area (Å²) in [4.78, 5) is 16.9. The van der Waals surface area contributed by atoms with E-state index in [1.165, 1.54) is 0 Å². The van der Waals surface area contributed by atoms with Gasteiger partial charge >= 0.3 is 0 Å². The van der Waals surface area contributed by atoms with Gasteiger partial charge in [0.2, 0.25) is 0 Å². The average Bonchev–Trinajstić information content (AvgIpc) is 3.52. The van der Waals surface area contributed by atoms with Crippen molar-refractivity contribution in [3.8, 4) is 11.4 Å². The molecule has 1 aromatic heterocycles. The highest BCUT2D eigenvalue weighted by Gasteiger charge is 2.11. The number of hydrogen-bond acceptors (Lipinski definition) is 6. The summed E-state index contributed by atoms with van der Waals surface area (Å²) in [5.74, 6) is 2.41. The fourth-order valence-corrected chi connectivity index (χ4v) is 5.04. The fraction of sp³-hybridized carbons (Fsp3) is 0.174. The summed E-state index contributed by atoms with van der Waals surface area (Å²) < 4.78 is 8.58. The Balaban J connectivity index is 1.37. The first-order chi connectivity index (χ1) is 15.2. The van der Waals surface area contributed by atoms with Crippen molar-refractivity contribution in [1.29, 1.82) is 0 Å². The first-order valence-electron chi connectivity index (χ1n) is 9.77.